The molecule has 37 heavy (non-hydrogen) atoms. The van der Waals surface area contributed by atoms with Crippen molar-refractivity contribution in [2.24, 2.45) is 0 Å². The fourth-order valence-corrected chi connectivity index (χ4v) is 4.75. The van der Waals surface area contributed by atoms with Crippen molar-refractivity contribution in [3.63, 3.8) is 0 Å². The smallest absolute Gasteiger partial charge is 0.338 e. The first-order chi connectivity index (χ1) is 17.9. The molecule has 0 radical (unpaired) electrons. The summed E-state index contributed by atoms with van der Waals surface area (Å²) < 4.78 is 5.05. The van der Waals surface area contributed by atoms with Crippen LogP contribution in [0.5, 0.6) is 0 Å². The number of nitrogens with zero attached hydrogens (tertiary/aromatic N) is 1. The summed E-state index contributed by atoms with van der Waals surface area (Å²) in [5.41, 5.74) is 2.83. The molecule has 4 aromatic rings. The zero-order chi connectivity index (χ0) is 26.1. The van der Waals surface area contributed by atoms with E-state index in [2.05, 4.69) is 0 Å². The van der Waals surface area contributed by atoms with Crippen LogP contribution in [0.2, 0.25) is 0 Å². The molecule has 6 heteroatoms. The molecule has 1 amide bonds. The summed E-state index contributed by atoms with van der Waals surface area (Å²) in [6.07, 6.45) is 0. The molecule has 0 aromatic heterocycles. The van der Waals surface area contributed by atoms with E-state index in [1.807, 2.05) is 61.5 Å². The number of esters is 1. The van der Waals surface area contributed by atoms with Gasteiger partial charge < -0.3 is 9.84 Å². The second-order valence-electron chi connectivity index (χ2n) is 8.85. The van der Waals surface area contributed by atoms with Gasteiger partial charge in [0.05, 0.1) is 23.8 Å². The molecule has 184 valence electrons. The number of anilines is 1. The third-order valence-corrected chi connectivity index (χ3v) is 6.61. The van der Waals surface area contributed by atoms with E-state index < -0.39 is 23.7 Å². The van der Waals surface area contributed by atoms with Crippen molar-refractivity contribution >= 4 is 39.9 Å². The Kier molecular flexibility index (Phi) is 6.32. The van der Waals surface area contributed by atoms with Gasteiger partial charge in [-0.3, -0.25) is 14.5 Å². The molecule has 1 N–H and O–H groups in total. The van der Waals surface area contributed by atoms with E-state index in [1.54, 1.807) is 43.3 Å². The molecule has 6 nitrogen and oxygen atoms in total. The number of ether oxygens (including phenoxy) is 1. The minimum atomic E-state index is -0.846. The van der Waals surface area contributed by atoms with Crippen LogP contribution in [0.3, 0.4) is 0 Å². The Labute approximate surface area is 214 Å². The van der Waals surface area contributed by atoms with Gasteiger partial charge in [-0.25, -0.2) is 4.79 Å². The van der Waals surface area contributed by atoms with E-state index >= 15 is 0 Å². The van der Waals surface area contributed by atoms with Crippen molar-refractivity contribution in [3.8, 4) is 0 Å². The second-order valence-corrected chi connectivity index (χ2v) is 8.85. The molecule has 1 aliphatic heterocycles. The van der Waals surface area contributed by atoms with Crippen LogP contribution in [0.25, 0.3) is 16.5 Å². The van der Waals surface area contributed by atoms with Crippen molar-refractivity contribution in [3.05, 3.63) is 119 Å². The lowest BCUT2D eigenvalue weighted by Gasteiger charge is -2.26. The number of rotatable bonds is 5. The van der Waals surface area contributed by atoms with E-state index in [-0.39, 0.29) is 17.9 Å². The lowest BCUT2D eigenvalue weighted by Crippen LogP contribution is -2.29. The maximum absolute atomic E-state index is 13.4. The van der Waals surface area contributed by atoms with Gasteiger partial charge in [-0.15, -0.1) is 0 Å². The zero-order valence-electron chi connectivity index (χ0n) is 20.5. The molecule has 0 spiro atoms. The monoisotopic (exact) mass is 491 g/mol. The number of amides is 1. The standard InChI is InChI=1S/C31H25NO5/c1-3-37-31(36)21-14-16-24(17-15-21)32-27(25-11-7-4-8-19(25)2)26(29(34)30(32)35)28(33)23-13-12-20-9-5-6-10-22(20)18-23/h4-18,27,33H,3H2,1-2H3/b28-26+. The highest BCUT2D eigenvalue weighted by molar-refractivity contribution is 6.51. The minimum absolute atomic E-state index is 0.0176. The third kappa shape index (κ3) is 4.27. The SMILES string of the molecule is CCOC(=O)c1ccc(N2C(=O)C(=O)/C(=C(/O)c3ccc4ccccc4c3)C2c2ccccc2C)cc1. The Bertz CT molecular complexity index is 1570. The molecule has 1 unspecified atom stereocenters. The first-order valence-corrected chi connectivity index (χ1v) is 12.0. The fourth-order valence-electron chi connectivity index (χ4n) is 4.75. The van der Waals surface area contributed by atoms with Crippen molar-refractivity contribution in [1.82, 2.24) is 0 Å². The van der Waals surface area contributed by atoms with Gasteiger partial charge in [-0.2, -0.15) is 0 Å². The van der Waals surface area contributed by atoms with E-state index in [1.165, 1.54) is 4.90 Å². The fraction of sp³-hybridized carbons (Fsp3) is 0.129. The van der Waals surface area contributed by atoms with Gasteiger partial charge in [-0.05, 0) is 66.1 Å². The molecule has 1 saturated heterocycles. The Morgan fingerprint density at radius 1 is 0.865 bits per heavy atom. The van der Waals surface area contributed by atoms with Gasteiger partial charge in [0.15, 0.2) is 0 Å². The predicted octanol–water partition coefficient (Wildman–Crippen LogP) is 5.95. The van der Waals surface area contributed by atoms with Crippen LogP contribution in [0, 0.1) is 6.92 Å². The predicted molar refractivity (Wildman–Crippen MR) is 142 cm³/mol. The van der Waals surface area contributed by atoms with Crippen LogP contribution in [-0.2, 0) is 14.3 Å². The maximum Gasteiger partial charge on any atom is 0.338 e. The van der Waals surface area contributed by atoms with E-state index in [0.29, 0.717) is 16.8 Å². The molecule has 0 saturated carbocycles. The highest BCUT2D eigenvalue weighted by atomic mass is 16.5. The average molecular weight is 492 g/mol. The number of hydrogen-bond acceptors (Lipinski definition) is 5. The number of Topliss-reactive ketones (excluding diaryl/α,β-unsaturated/α-hetero) is 1. The highest BCUT2D eigenvalue weighted by Gasteiger charge is 2.47. The molecule has 5 rings (SSSR count). The van der Waals surface area contributed by atoms with Gasteiger partial charge in [0.1, 0.15) is 5.76 Å². The molecule has 1 fully saturated rings. The Balaban J connectivity index is 1.67. The van der Waals surface area contributed by atoms with Crippen molar-refractivity contribution in [1.29, 1.82) is 0 Å². The first-order valence-electron chi connectivity index (χ1n) is 12.0. The van der Waals surface area contributed by atoms with Gasteiger partial charge in [0, 0.05) is 11.3 Å². The molecular weight excluding hydrogens is 466 g/mol. The Hall–Kier alpha value is -4.71. The minimum Gasteiger partial charge on any atom is -0.507 e. The zero-order valence-corrected chi connectivity index (χ0v) is 20.5. The van der Waals surface area contributed by atoms with Gasteiger partial charge >= 0.3 is 5.97 Å². The molecule has 1 atom stereocenters. The number of benzene rings is 4. The Morgan fingerprint density at radius 3 is 2.22 bits per heavy atom. The Morgan fingerprint density at radius 2 is 1.51 bits per heavy atom. The van der Waals surface area contributed by atoms with E-state index in [9.17, 15) is 19.5 Å². The topological polar surface area (TPSA) is 83.9 Å². The van der Waals surface area contributed by atoms with E-state index in [0.717, 1.165) is 21.9 Å². The summed E-state index contributed by atoms with van der Waals surface area (Å²) in [4.78, 5) is 40.4. The average Bonchev–Trinajstić information content (AvgIpc) is 3.18. The lowest BCUT2D eigenvalue weighted by molar-refractivity contribution is -0.132. The molecule has 4 aromatic carbocycles. The highest BCUT2D eigenvalue weighted by Crippen LogP contribution is 2.43. The van der Waals surface area contributed by atoms with E-state index in [4.69, 9.17) is 4.74 Å². The van der Waals surface area contributed by atoms with Crippen LogP contribution < -0.4 is 4.90 Å². The number of carbonyl (C=O) groups excluding carboxylic acids is 3. The van der Waals surface area contributed by atoms with Crippen LogP contribution in [-0.4, -0.2) is 29.4 Å². The second kappa shape index (κ2) is 9.74. The maximum atomic E-state index is 13.4. The number of aliphatic hydroxyl groups is 1. The number of ketones is 1. The largest absolute Gasteiger partial charge is 0.507 e. The molecule has 1 aliphatic rings. The van der Waals surface area contributed by atoms with Crippen molar-refractivity contribution < 1.29 is 24.2 Å². The molecular formula is C31H25NO5. The van der Waals surface area contributed by atoms with Crippen LogP contribution in [0.1, 0.15) is 40.0 Å². The summed E-state index contributed by atoms with van der Waals surface area (Å²) in [7, 11) is 0. The number of carbonyl (C=O) groups is 3. The number of aryl methyl sites for hydroxylation is 1. The summed E-state index contributed by atoms with van der Waals surface area (Å²) >= 11 is 0. The third-order valence-electron chi connectivity index (χ3n) is 6.61. The molecule has 1 heterocycles. The number of aliphatic hydroxyl groups excluding tert-OH is 1. The van der Waals surface area contributed by atoms with Crippen LogP contribution in [0.15, 0.2) is 96.6 Å². The lowest BCUT2D eigenvalue weighted by atomic mass is 9.92. The van der Waals surface area contributed by atoms with Gasteiger partial charge in [-0.1, -0.05) is 60.7 Å². The van der Waals surface area contributed by atoms with Gasteiger partial charge in [0.25, 0.3) is 11.7 Å². The quantitative estimate of drug-likeness (QED) is 0.161. The summed E-state index contributed by atoms with van der Waals surface area (Å²) in [5.74, 6) is -2.22. The van der Waals surface area contributed by atoms with Crippen molar-refractivity contribution in [2.45, 2.75) is 19.9 Å². The number of hydrogen-bond donors (Lipinski definition) is 1. The summed E-state index contributed by atoms with van der Waals surface area (Å²) in [5, 5.41) is 13.4. The number of fused-ring (bicyclic) bond motifs is 1. The molecule has 0 aliphatic carbocycles. The summed E-state index contributed by atoms with van der Waals surface area (Å²) in [6, 6.07) is 26.1. The first kappa shape index (κ1) is 24.0. The summed E-state index contributed by atoms with van der Waals surface area (Å²) in [6.45, 7) is 3.87. The normalized spacial score (nSPS) is 16.8. The van der Waals surface area contributed by atoms with Gasteiger partial charge in [0.2, 0.25) is 0 Å². The van der Waals surface area contributed by atoms with Crippen LogP contribution >= 0.6 is 0 Å². The van der Waals surface area contributed by atoms with Crippen LogP contribution in [0.4, 0.5) is 5.69 Å². The van der Waals surface area contributed by atoms with Crippen molar-refractivity contribution in [2.75, 3.05) is 11.5 Å². The molecule has 0 bridgehead atoms.